The SMILES string of the molecule is COc1cccc(CC(=O)Nc2ccc(F)cc2F)c1. The molecule has 2 aromatic carbocycles. The Labute approximate surface area is 115 Å². The van der Waals surface area contributed by atoms with Crippen LogP contribution < -0.4 is 10.1 Å². The van der Waals surface area contributed by atoms with Crippen molar-refractivity contribution in [1.82, 2.24) is 0 Å². The maximum Gasteiger partial charge on any atom is 0.228 e. The smallest absolute Gasteiger partial charge is 0.228 e. The standard InChI is InChI=1S/C15H13F2NO2/c1-20-12-4-2-3-10(7-12)8-15(19)18-14-6-5-11(16)9-13(14)17/h2-7,9H,8H2,1H3,(H,18,19). The molecule has 0 bridgehead atoms. The van der Waals surface area contributed by atoms with Gasteiger partial charge in [-0.2, -0.15) is 0 Å². The number of carbonyl (C=O) groups excluding carboxylic acids is 1. The van der Waals surface area contributed by atoms with Crippen molar-refractivity contribution >= 4 is 11.6 Å². The zero-order valence-corrected chi connectivity index (χ0v) is 10.8. The molecule has 1 amide bonds. The van der Waals surface area contributed by atoms with Crippen LogP contribution in [0.2, 0.25) is 0 Å². The molecule has 2 rings (SSSR count). The molecule has 0 aromatic heterocycles. The number of rotatable bonds is 4. The first kappa shape index (κ1) is 14.0. The fourth-order valence-electron chi connectivity index (χ4n) is 1.75. The van der Waals surface area contributed by atoms with Crippen LogP contribution in [-0.4, -0.2) is 13.0 Å². The zero-order valence-electron chi connectivity index (χ0n) is 10.8. The normalized spacial score (nSPS) is 10.2. The molecular weight excluding hydrogens is 264 g/mol. The summed E-state index contributed by atoms with van der Waals surface area (Å²) in [6.07, 6.45) is 0.0774. The molecule has 0 aliphatic heterocycles. The lowest BCUT2D eigenvalue weighted by Crippen LogP contribution is -2.15. The molecule has 0 saturated heterocycles. The third kappa shape index (κ3) is 3.54. The monoisotopic (exact) mass is 277 g/mol. The van der Waals surface area contributed by atoms with Gasteiger partial charge in [0.2, 0.25) is 5.91 Å². The Morgan fingerprint density at radius 2 is 2.00 bits per heavy atom. The summed E-state index contributed by atoms with van der Waals surface area (Å²) in [5.74, 6) is -1.23. The van der Waals surface area contributed by atoms with E-state index in [2.05, 4.69) is 5.32 Å². The van der Waals surface area contributed by atoms with E-state index in [4.69, 9.17) is 4.74 Å². The number of hydrogen-bond acceptors (Lipinski definition) is 2. The Morgan fingerprint density at radius 3 is 2.70 bits per heavy atom. The Hall–Kier alpha value is -2.43. The van der Waals surface area contributed by atoms with Crippen molar-refractivity contribution in [3.05, 3.63) is 59.7 Å². The highest BCUT2D eigenvalue weighted by molar-refractivity contribution is 5.92. The molecule has 0 fully saturated rings. The summed E-state index contributed by atoms with van der Waals surface area (Å²) in [7, 11) is 1.53. The minimum atomic E-state index is -0.802. The second-order valence-corrected chi connectivity index (χ2v) is 4.20. The summed E-state index contributed by atoms with van der Waals surface area (Å²) in [4.78, 5) is 11.8. The molecule has 0 saturated carbocycles. The van der Waals surface area contributed by atoms with Gasteiger partial charge >= 0.3 is 0 Å². The third-order valence-corrected chi connectivity index (χ3v) is 2.70. The van der Waals surface area contributed by atoms with Crippen LogP contribution in [-0.2, 0) is 11.2 Å². The third-order valence-electron chi connectivity index (χ3n) is 2.70. The molecule has 5 heteroatoms. The van der Waals surface area contributed by atoms with Crippen LogP contribution in [0.1, 0.15) is 5.56 Å². The van der Waals surface area contributed by atoms with Gasteiger partial charge in [0.15, 0.2) is 0 Å². The lowest BCUT2D eigenvalue weighted by Gasteiger charge is -2.07. The molecule has 0 aliphatic carbocycles. The van der Waals surface area contributed by atoms with E-state index in [1.165, 1.54) is 13.2 Å². The maximum atomic E-state index is 13.4. The molecule has 1 N–H and O–H groups in total. The van der Waals surface area contributed by atoms with E-state index in [1.807, 2.05) is 0 Å². The fourth-order valence-corrected chi connectivity index (χ4v) is 1.75. The zero-order chi connectivity index (χ0) is 14.5. The highest BCUT2D eigenvalue weighted by Crippen LogP contribution is 2.16. The van der Waals surface area contributed by atoms with Gasteiger partial charge in [0.25, 0.3) is 0 Å². The summed E-state index contributed by atoms with van der Waals surface area (Å²) in [5, 5.41) is 2.40. The lowest BCUT2D eigenvalue weighted by molar-refractivity contribution is -0.115. The van der Waals surface area contributed by atoms with Gasteiger partial charge in [0.05, 0.1) is 19.2 Å². The predicted molar refractivity (Wildman–Crippen MR) is 71.7 cm³/mol. The molecule has 0 radical (unpaired) electrons. The van der Waals surface area contributed by atoms with Crippen LogP contribution in [0.25, 0.3) is 0 Å². The van der Waals surface area contributed by atoms with E-state index in [0.29, 0.717) is 5.75 Å². The summed E-state index contributed by atoms with van der Waals surface area (Å²) in [6.45, 7) is 0. The van der Waals surface area contributed by atoms with E-state index in [-0.39, 0.29) is 18.0 Å². The molecule has 20 heavy (non-hydrogen) atoms. The van der Waals surface area contributed by atoms with Crippen molar-refractivity contribution < 1.29 is 18.3 Å². The Kier molecular flexibility index (Phi) is 4.30. The van der Waals surface area contributed by atoms with Gasteiger partial charge in [0, 0.05) is 6.07 Å². The molecule has 104 valence electrons. The van der Waals surface area contributed by atoms with Gasteiger partial charge < -0.3 is 10.1 Å². The van der Waals surface area contributed by atoms with Crippen LogP contribution in [0.3, 0.4) is 0 Å². The second kappa shape index (κ2) is 6.14. The largest absolute Gasteiger partial charge is 0.497 e. The van der Waals surface area contributed by atoms with Crippen LogP contribution in [0.15, 0.2) is 42.5 Å². The Bertz CT molecular complexity index is 629. The van der Waals surface area contributed by atoms with E-state index in [0.717, 1.165) is 17.7 Å². The molecule has 0 unspecified atom stereocenters. The number of carbonyl (C=O) groups is 1. The number of halogens is 2. The number of hydrogen-bond donors (Lipinski definition) is 1. The average molecular weight is 277 g/mol. The van der Waals surface area contributed by atoms with E-state index >= 15 is 0 Å². The molecule has 3 nitrogen and oxygen atoms in total. The van der Waals surface area contributed by atoms with Gasteiger partial charge in [0.1, 0.15) is 17.4 Å². The van der Waals surface area contributed by atoms with Crippen LogP contribution >= 0.6 is 0 Å². The van der Waals surface area contributed by atoms with Crippen molar-refractivity contribution in [3.8, 4) is 5.75 Å². The second-order valence-electron chi connectivity index (χ2n) is 4.20. The van der Waals surface area contributed by atoms with Gasteiger partial charge in [-0.3, -0.25) is 4.79 Å². The number of amides is 1. The van der Waals surface area contributed by atoms with Gasteiger partial charge in [-0.25, -0.2) is 8.78 Å². The van der Waals surface area contributed by atoms with Crippen LogP contribution in [0, 0.1) is 11.6 Å². The van der Waals surface area contributed by atoms with Crippen molar-refractivity contribution in [2.45, 2.75) is 6.42 Å². The summed E-state index contributed by atoms with van der Waals surface area (Å²) in [5.41, 5.74) is 0.698. The summed E-state index contributed by atoms with van der Waals surface area (Å²) in [6, 6.07) is 10.0. The van der Waals surface area contributed by atoms with Crippen LogP contribution in [0.4, 0.5) is 14.5 Å². The van der Waals surface area contributed by atoms with E-state index in [1.54, 1.807) is 24.3 Å². The van der Waals surface area contributed by atoms with Crippen molar-refractivity contribution in [2.24, 2.45) is 0 Å². The molecule has 0 heterocycles. The summed E-state index contributed by atoms with van der Waals surface area (Å²) < 4.78 is 31.2. The number of methoxy groups -OCH3 is 1. The molecule has 2 aromatic rings. The number of nitrogens with one attached hydrogen (secondary N) is 1. The molecule has 0 atom stereocenters. The van der Waals surface area contributed by atoms with Crippen molar-refractivity contribution in [2.75, 3.05) is 12.4 Å². The van der Waals surface area contributed by atoms with Gasteiger partial charge in [-0.15, -0.1) is 0 Å². The average Bonchev–Trinajstić information content (AvgIpc) is 2.42. The van der Waals surface area contributed by atoms with E-state index in [9.17, 15) is 13.6 Å². The number of benzene rings is 2. The predicted octanol–water partition coefficient (Wildman–Crippen LogP) is 3.15. The Morgan fingerprint density at radius 1 is 1.20 bits per heavy atom. The maximum absolute atomic E-state index is 13.4. The molecule has 0 spiro atoms. The van der Waals surface area contributed by atoms with E-state index < -0.39 is 11.6 Å². The highest BCUT2D eigenvalue weighted by Gasteiger charge is 2.09. The minimum absolute atomic E-state index is 0.0423. The van der Waals surface area contributed by atoms with Gasteiger partial charge in [-0.1, -0.05) is 12.1 Å². The van der Waals surface area contributed by atoms with Gasteiger partial charge in [-0.05, 0) is 29.8 Å². The quantitative estimate of drug-likeness (QED) is 0.932. The minimum Gasteiger partial charge on any atom is -0.497 e. The number of ether oxygens (including phenoxy) is 1. The lowest BCUT2D eigenvalue weighted by atomic mass is 10.1. The van der Waals surface area contributed by atoms with Crippen molar-refractivity contribution in [1.29, 1.82) is 0 Å². The molecule has 0 aliphatic rings. The number of anilines is 1. The summed E-state index contributed by atoms with van der Waals surface area (Å²) >= 11 is 0. The first-order chi connectivity index (χ1) is 9.58. The van der Waals surface area contributed by atoms with Crippen LogP contribution in [0.5, 0.6) is 5.75 Å². The first-order valence-corrected chi connectivity index (χ1v) is 5.96. The Balaban J connectivity index is 2.05. The first-order valence-electron chi connectivity index (χ1n) is 5.96. The topological polar surface area (TPSA) is 38.3 Å². The van der Waals surface area contributed by atoms with Crippen molar-refractivity contribution in [3.63, 3.8) is 0 Å². The molecular formula is C15H13F2NO2. The fraction of sp³-hybridized carbons (Fsp3) is 0.133. The highest BCUT2D eigenvalue weighted by atomic mass is 19.1.